The normalized spacial score (nSPS) is 14.3. The summed E-state index contributed by atoms with van der Waals surface area (Å²) in [5, 5.41) is 2.70. The first kappa shape index (κ1) is 21.6. The van der Waals surface area contributed by atoms with E-state index < -0.39 is 10.0 Å². The molecule has 2 aromatic carbocycles. The minimum Gasteiger partial charge on any atom is -0.324 e. The summed E-state index contributed by atoms with van der Waals surface area (Å²) >= 11 is 0. The van der Waals surface area contributed by atoms with Gasteiger partial charge >= 0.3 is 6.03 Å². The first-order chi connectivity index (χ1) is 14.1. The Kier molecular flexibility index (Phi) is 6.31. The highest BCUT2D eigenvalue weighted by Crippen LogP contribution is 2.23. The van der Waals surface area contributed by atoms with Gasteiger partial charge in [-0.2, -0.15) is 0 Å². The summed E-state index contributed by atoms with van der Waals surface area (Å²) in [6.45, 7) is 5.12. The Balaban J connectivity index is 1.60. The van der Waals surface area contributed by atoms with E-state index in [-0.39, 0.29) is 18.5 Å². The lowest BCUT2D eigenvalue weighted by Gasteiger charge is -2.19. The van der Waals surface area contributed by atoms with Gasteiger partial charge in [0.25, 0.3) is 0 Å². The first-order valence-corrected chi connectivity index (χ1v) is 11.6. The van der Waals surface area contributed by atoms with Gasteiger partial charge in [0.1, 0.15) is 6.54 Å². The Morgan fingerprint density at radius 3 is 2.37 bits per heavy atom. The molecule has 9 heteroatoms. The molecule has 2 N–H and O–H groups in total. The Morgan fingerprint density at radius 1 is 1.07 bits per heavy atom. The molecule has 0 spiro atoms. The molecule has 0 saturated carbocycles. The van der Waals surface area contributed by atoms with Gasteiger partial charge in [-0.25, -0.2) is 13.2 Å². The summed E-state index contributed by atoms with van der Waals surface area (Å²) in [6, 6.07) is 14.1. The molecule has 1 fully saturated rings. The summed E-state index contributed by atoms with van der Waals surface area (Å²) < 4.78 is 25.1. The van der Waals surface area contributed by atoms with Crippen LogP contribution in [0.4, 0.5) is 21.9 Å². The maximum absolute atomic E-state index is 12.7. The van der Waals surface area contributed by atoms with Crippen molar-refractivity contribution in [3.63, 3.8) is 0 Å². The van der Waals surface area contributed by atoms with Crippen LogP contribution in [0.25, 0.3) is 0 Å². The second-order valence-corrected chi connectivity index (χ2v) is 9.35. The average molecular weight is 431 g/mol. The van der Waals surface area contributed by atoms with Gasteiger partial charge in [0.15, 0.2) is 0 Å². The molecule has 1 aliphatic heterocycles. The third kappa shape index (κ3) is 5.50. The van der Waals surface area contributed by atoms with Crippen LogP contribution >= 0.6 is 0 Å². The van der Waals surface area contributed by atoms with Crippen molar-refractivity contribution in [3.05, 3.63) is 54.1 Å². The average Bonchev–Trinajstić information content (AvgIpc) is 3.01. The molecule has 0 aromatic heterocycles. The fourth-order valence-electron chi connectivity index (χ4n) is 3.26. The number of carbonyl (C=O) groups excluding carboxylic acids is 2. The van der Waals surface area contributed by atoms with Crippen molar-refractivity contribution < 1.29 is 18.0 Å². The highest BCUT2D eigenvalue weighted by Gasteiger charge is 2.30. The number of hydrogen-bond acceptors (Lipinski definition) is 4. The zero-order valence-corrected chi connectivity index (χ0v) is 18.1. The lowest BCUT2D eigenvalue weighted by atomic mass is 10.0. The Bertz CT molecular complexity index is 1040. The van der Waals surface area contributed by atoms with E-state index in [2.05, 4.69) is 23.9 Å². The summed E-state index contributed by atoms with van der Waals surface area (Å²) in [5.41, 5.74) is 2.81. The number of hydrogen-bond donors (Lipinski definition) is 2. The van der Waals surface area contributed by atoms with Gasteiger partial charge in [-0.3, -0.25) is 14.4 Å². The van der Waals surface area contributed by atoms with Crippen LogP contribution in [0.1, 0.15) is 25.3 Å². The number of nitrogens with zero attached hydrogens (tertiary/aromatic N) is 2. The van der Waals surface area contributed by atoms with Gasteiger partial charge < -0.3 is 10.2 Å². The van der Waals surface area contributed by atoms with E-state index in [0.29, 0.717) is 30.4 Å². The molecular weight excluding hydrogens is 404 g/mol. The topological polar surface area (TPSA) is 98.8 Å². The molecule has 0 bridgehead atoms. The molecule has 160 valence electrons. The number of anilines is 3. The molecule has 3 amide bonds. The molecular formula is C21H26N4O4S. The number of carbonyl (C=O) groups is 2. The van der Waals surface area contributed by atoms with Crippen LogP contribution in [0.5, 0.6) is 0 Å². The number of sulfonamides is 1. The monoisotopic (exact) mass is 430 g/mol. The number of nitrogens with one attached hydrogen (secondary N) is 2. The van der Waals surface area contributed by atoms with Crippen LogP contribution < -0.4 is 14.9 Å². The van der Waals surface area contributed by atoms with Crippen molar-refractivity contribution in [2.75, 3.05) is 40.8 Å². The number of urea groups is 1. The van der Waals surface area contributed by atoms with E-state index >= 15 is 0 Å². The largest absolute Gasteiger partial charge is 0.325 e. The van der Waals surface area contributed by atoms with Gasteiger partial charge in [-0.1, -0.05) is 32.0 Å². The number of amides is 3. The smallest absolute Gasteiger partial charge is 0.324 e. The van der Waals surface area contributed by atoms with Crippen molar-refractivity contribution in [2.45, 2.75) is 19.8 Å². The molecule has 8 nitrogen and oxygen atoms in total. The standard InChI is InChI=1S/C21H26N4O4S/c1-15(2)16-7-9-19(10-8-16)25-12-11-24(21(25)27)14-20(26)22-17-5-4-6-18(13-17)23-30(3,28)29/h4-10,13,15,23H,11-12,14H2,1-3H3,(H,22,26). The molecule has 0 radical (unpaired) electrons. The lowest BCUT2D eigenvalue weighted by Crippen LogP contribution is -2.37. The van der Waals surface area contributed by atoms with E-state index in [0.717, 1.165) is 11.9 Å². The molecule has 2 aromatic rings. The molecule has 1 heterocycles. The molecule has 3 rings (SSSR count). The van der Waals surface area contributed by atoms with Crippen molar-refractivity contribution in [3.8, 4) is 0 Å². The maximum atomic E-state index is 12.7. The van der Waals surface area contributed by atoms with E-state index in [9.17, 15) is 18.0 Å². The zero-order valence-electron chi connectivity index (χ0n) is 17.3. The highest BCUT2D eigenvalue weighted by atomic mass is 32.2. The van der Waals surface area contributed by atoms with Crippen molar-refractivity contribution >= 4 is 39.0 Å². The second kappa shape index (κ2) is 8.74. The van der Waals surface area contributed by atoms with E-state index in [1.54, 1.807) is 23.1 Å². The molecule has 1 saturated heterocycles. The predicted molar refractivity (Wildman–Crippen MR) is 118 cm³/mol. The lowest BCUT2D eigenvalue weighted by molar-refractivity contribution is -0.116. The SMILES string of the molecule is CC(C)c1ccc(N2CCN(CC(=O)Nc3cccc(NS(C)(=O)=O)c3)C2=O)cc1. The minimum atomic E-state index is -3.41. The fraction of sp³-hybridized carbons (Fsp3) is 0.333. The Labute approximate surface area is 176 Å². The van der Waals surface area contributed by atoms with Crippen LogP contribution in [-0.2, 0) is 14.8 Å². The van der Waals surface area contributed by atoms with E-state index in [1.807, 2.05) is 24.3 Å². The molecule has 0 atom stereocenters. The first-order valence-electron chi connectivity index (χ1n) is 9.66. The van der Waals surface area contributed by atoms with Crippen LogP contribution in [0.3, 0.4) is 0 Å². The molecule has 0 unspecified atom stereocenters. The molecule has 30 heavy (non-hydrogen) atoms. The summed E-state index contributed by atoms with van der Waals surface area (Å²) in [5.74, 6) is 0.0662. The molecule has 0 aliphatic carbocycles. The van der Waals surface area contributed by atoms with Crippen LogP contribution in [0, 0.1) is 0 Å². The van der Waals surface area contributed by atoms with Crippen molar-refractivity contribution in [1.82, 2.24) is 4.90 Å². The van der Waals surface area contributed by atoms with Gasteiger partial charge in [0, 0.05) is 24.5 Å². The van der Waals surface area contributed by atoms with Gasteiger partial charge in [-0.15, -0.1) is 0 Å². The minimum absolute atomic E-state index is 0.0802. The number of rotatable bonds is 7. The number of benzene rings is 2. The van der Waals surface area contributed by atoms with Crippen LogP contribution in [0.2, 0.25) is 0 Å². The third-order valence-electron chi connectivity index (χ3n) is 4.75. The van der Waals surface area contributed by atoms with Crippen LogP contribution in [-0.4, -0.2) is 51.1 Å². The van der Waals surface area contributed by atoms with Gasteiger partial charge in [-0.05, 0) is 41.8 Å². The third-order valence-corrected chi connectivity index (χ3v) is 5.36. The summed E-state index contributed by atoms with van der Waals surface area (Å²) in [7, 11) is -3.41. The van der Waals surface area contributed by atoms with E-state index in [4.69, 9.17) is 0 Å². The Morgan fingerprint density at radius 2 is 1.73 bits per heavy atom. The van der Waals surface area contributed by atoms with Crippen molar-refractivity contribution in [2.24, 2.45) is 0 Å². The fourth-order valence-corrected chi connectivity index (χ4v) is 3.81. The van der Waals surface area contributed by atoms with Gasteiger partial charge in [0.05, 0.1) is 11.9 Å². The zero-order chi connectivity index (χ0) is 21.9. The van der Waals surface area contributed by atoms with Crippen molar-refractivity contribution in [1.29, 1.82) is 0 Å². The summed E-state index contributed by atoms with van der Waals surface area (Å²) in [4.78, 5) is 28.3. The second-order valence-electron chi connectivity index (χ2n) is 7.61. The Hall–Kier alpha value is -3.07. The highest BCUT2D eigenvalue weighted by molar-refractivity contribution is 7.92. The van der Waals surface area contributed by atoms with Crippen LogP contribution in [0.15, 0.2) is 48.5 Å². The quantitative estimate of drug-likeness (QED) is 0.705. The molecule has 1 aliphatic rings. The summed E-state index contributed by atoms with van der Waals surface area (Å²) in [6.07, 6.45) is 1.05. The van der Waals surface area contributed by atoms with Gasteiger partial charge in [0.2, 0.25) is 15.9 Å². The maximum Gasteiger partial charge on any atom is 0.325 e. The predicted octanol–water partition coefficient (Wildman–Crippen LogP) is 3.06. The van der Waals surface area contributed by atoms with E-state index in [1.165, 1.54) is 16.5 Å².